The van der Waals surface area contributed by atoms with Crippen LogP contribution in [0.1, 0.15) is 12.5 Å². The zero-order valence-electron chi connectivity index (χ0n) is 10.4. The van der Waals surface area contributed by atoms with Crippen molar-refractivity contribution in [2.45, 2.75) is 19.1 Å². The van der Waals surface area contributed by atoms with Gasteiger partial charge < -0.3 is 10.7 Å². The molecule has 4 nitrogen and oxygen atoms in total. The Morgan fingerprint density at radius 1 is 1.32 bits per heavy atom. The van der Waals surface area contributed by atoms with E-state index in [1.165, 1.54) is 12.1 Å². The maximum absolute atomic E-state index is 12.8. The number of amidine groups is 1. The monoisotopic (exact) mass is 272 g/mol. The summed E-state index contributed by atoms with van der Waals surface area (Å²) < 4.78 is 38.5. The SMILES string of the molecule is CC(Nc1ccccc1C(F)(F)F)C1=NCCNN1. The summed E-state index contributed by atoms with van der Waals surface area (Å²) in [6, 6.07) is 5.07. The van der Waals surface area contributed by atoms with Crippen LogP contribution in [0.25, 0.3) is 0 Å². The van der Waals surface area contributed by atoms with Gasteiger partial charge in [0, 0.05) is 12.2 Å². The van der Waals surface area contributed by atoms with Crippen molar-refractivity contribution in [1.82, 2.24) is 10.9 Å². The fourth-order valence-electron chi connectivity index (χ4n) is 1.83. The molecule has 1 heterocycles. The van der Waals surface area contributed by atoms with Crippen LogP contribution >= 0.6 is 0 Å². The number of hydrogen-bond donors (Lipinski definition) is 3. The number of hydrazine groups is 1. The van der Waals surface area contributed by atoms with Crippen molar-refractivity contribution >= 4 is 11.5 Å². The molecule has 7 heteroatoms. The molecule has 19 heavy (non-hydrogen) atoms. The third-order valence-corrected chi connectivity index (χ3v) is 2.75. The maximum Gasteiger partial charge on any atom is 0.418 e. The summed E-state index contributed by atoms with van der Waals surface area (Å²) in [5.41, 5.74) is 5.14. The fourth-order valence-corrected chi connectivity index (χ4v) is 1.83. The topological polar surface area (TPSA) is 48.5 Å². The van der Waals surface area contributed by atoms with Gasteiger partial charge in [-0.25, -0.2) is 5.43 Å². The Labute approximate surface area is 109 Å². The zero-order valence-corrected chi connectivity index (χ0v) is 10.4. The van der Waals surface area contributed by atoms with Crippen LogP contribution in [-0.4, -0.2) is 25.0 Å². The van der Waals surface area contributed by atoms with E-state index in [2.05, 4.69) is 21.2 Å². The van der Waals surface area contributed by atoms with E-state index in [1.54, 1.807) is 13.0 Å². The number of nitrogens with one attached hydrogen (secondary N) is 3. The summed E-state index contributed by atoms with van der Waals surface area (Å²) in [7, 11) is 0. The van der Waals surface area contributed by atoms with Crippen LogP contribution < -0.4 is 16.2 Å². The van der Waals surface area contributed by atoms with Crippen LogP contribution in [0.3, 0.4) is 0 Å². The molecule has 104 valence electrons. The molecule has 1 aromatic carbocycles. The van der Waals surface area contributed by atoms with Gasteiger partial charge >= 0.3 is 6.18 Å². The Morgan fingerprint density at radius 3 is 2.68 bits per heavy atom. The Balaban J connectivity index is 2.17. The van der Waals surface area contributed by atoms with E-state index in [4.69, 9.17) is 0 Å². The average molecular weight is 272 g/mol. The smallest absolute Gasteiger partial charge is 0.375 e. The van der Waals surface area contributed by atoms with E-state index >= 15 is 0 Å². The highest BCUT2D eigenvalue weighted by Crippen LogP contribution is 2.34. The predicted octanol–water partition coefficient (Wildman–Crippen LogP) is 2.01. The molecular formula is C12H15F3N4. The van der Waals surface area contributed by atoms with Gasteiger partial charge in [-0.2, -0.15) is 13.2 Å². The lowest BCUT2D eigenvalue weighted by Gasteiger charge is -2.24. The van der Waals surface area contributed by atoms with Crippen LogP contribution in [-0.2, 0) is 6.18 Å². The van der Waals surface area contributed by atoms with Crippen LogP contribution in [0.4, 0.5) is 18.9 Å². The molecule has 1 aromatic rings. The summed E-state index contributed by atoms with van der Waals surface area (Å²) in [6.07, 6.45) is -4.37. The Bertz CT molecular complexity index is 470. The zero-order chi connectivity index (χ0) is 13.9. The molecule has 0 saturated carbocycles. The number of halogens is 3. The van der Waals surface area contributed by atoms with Crippen molar-refractivity contribution in [2.75, 3.05) is 18.4 Å². The summed E-state index contributed by atoms with van der Waals surface area (Å²) in [4.78, 5) is 4.22. The molecule has 0 fully saturated rings. The minimum atomic E-state index is -4.37. The molecule has 0 bridgehead atoms. The molecule has 1 unspecified atom stereocenters. The summed E-state index contributed by atoms with van der Waals surface area (Å²) >= 11 is 0. The van der Waals surface area contributed by atoms with E-state index in [-0.39, 0.29) is 11.7 Å². The maximum atomic E-state index is 12.8. The summed E-state index contributed by atoms with van der Waals surface area (Å²) in [5.74, 6) is 0.600. The molecule has 0 amide bonds. The minimum absolute atomic E-state index is 0.0533. The van der Waals surface area contributed by atoms with Crippen molar-refractivity contribution in [2.24, 2.45) is 4.99 Å². The summed E-state index contributed by atoms with van der Waals surface area (Å²) in [5, 5.41) is 2.83. The molecule has 0 radical (unpaired) electrons. The molecule has 1 aliphatic heterocycles. The van der Waals surface area contributed by atoms with Crippen LogP contribution in [0.5, 0.6) is 0 Å². The lowest BCUT2D eigenvalue weighted by molar-refractivity contribution is -0.136. The van der Waals surface area contributed by atoms with Gasteiger partial charge in [-0.3, -0.25) is 4.99 Å². The first kappa shape index (κ1) is 13.7. The highest BCUT2D eigenvalue weighted by molar-refractivity contribution is 5.89. The molecule has 0 aliphatic carbocycles. The number of alkyl halides is 3. The van der Waals surface area contributed by atoms with Crippen molar-refractivity contribution in [3.8, 4) is 0 Å². The lowest BCUT2D eigenvalue weighted by Crippen LogP contribution is -2.49. The molecule has 3 N–H and O–H groups in total. The molecule has 1 atom stereocenters. The lowest BCUT2D eigenvalue weighted by atomic mass is 10.1. The van der Waals surface area contributed by atoms with E-state index in [9.17, 15) is 13.2 Å². The van der Waals surface area contributed by atoms with Crippen molar-refractivity contribution in [1.29, 1.82) is 0 Å². The van der Waals surface area contributed by atoms with Gasteiger partial charge in [-0.1, -0.05) is 12.1 Å². The predicted molar refractivity (Wildman–Crippen MR) is 68.0 cm³/mol. The Kier molecular flexibility index (Phi) is 3.94. The number of hydrogen-bond acceptors (Lipinski definition) is 4. The number of anilines is 1. The van der Waals surface area contributed by atoms with Gasteiger partial charge in [0.15, 0.2) is 0 Å². The van der Waals surface area contributed by atoms with Crippen LogP contribution in [0.15, 0.2) is 29.3 Å². The highest BCUT2D eigenvalue weighted by Gasteiger charge is 2.33. The summed E-state index contributed by atoms with van der Waals surface area (Å²) in [6.45, 7) is 3.07. The van der Waals surface area contributed by atoms with E-state index < -0.39 is 11.7 Å². The average Bonchev–Trinajstić information content (AvgIpc) is 2.39. The van der Waals surface area contributed by atoms with E-state index in [1.807, 2.05) is 0 Å². The van der Waals surface area contributed by atoms with Crippen molar-refractivity contribution < 1.29 is 13.2 Å². The van der Waals surface area contributed by atoms with E-state index in [0.717, 1.165) is 6.07 Å². The molecule has 0 saturated heterocycles. The van der Waals surface area contributed by atoms with Crippen molar-refractivity contribution in [3.05, 3.63) is 29.8 Å². The van der Waals surface area contributed by atoms with Gasteiger partial charge in [0.2, 0.25) is 0 Å². The first-order valence-corrected chi connectivity index (χ1v) is 5.94. The van der Waals surface area contributed by atoms with Gasteiger partial charge in [-0.15, -0.1) is 0 Å². The molecule has 0 aromatic heterocycles. The number of aliphatic imine (C=N–C) groups is 1. The number of rotatable bonds is 3. The second-order valence-corrected chi connectivity index (χ2v) is 4.23. The van der Waals surface area contributed by atoms with Gasteiger partial charge in [0.05, 0.1) is 18.2 Å². The third kappa shape index (κ3) is 3.37. The largest absolute Gasteiger partial charge is 0.418 e. The molecule has 0 spiro atoms. The Morgan fingerprint density at radius 2 is 2.05 bits per heavy atom. The molecule has 1 aliphatic rings. The second-order valence-electron chi connectivity index (χ2n) is 4.23. The minimum Gasteiger partial charge on any atom is -0.375 e. The second kappa shape index (κ2) is 5.48. The van der Waals surface area contributed by atoms with Gasteiger partial charge in [-0.05, 0) is 19.1 Å². The molecule has 2 rings (SSSR count). The number of nitrogens with zero attached hydrogens (tertiary/aromatic N) is 1. The fraction of sp³-hybridized carbons (Fsp3) is 0.417. The van der Waals surface area contributed by atoms with Crippen molar-refractivity contribution in [3.63, 3.8) is 0 Å². The quantitative estimate of drug-likeness (QED) is 0.789. The molecular weight excluding hydrogens is 257 g/mol. The van der Waals surface area contributed by atoms with Gasteiger partial charge in [0.25, 0.3) is 0 Å². The Hall–Kier alpha value is -1.76. The highest BCUT2D eigenvalue weighted by atomic mass is 19.4. The standard InChI is InChI=1S/C12H15F3N4/c1-8(11-16-6-7-17-19-11)18-10-5-3-2-4-9(10)12(13,14)15/h2-5,8,17-18H,6-7H2,1H3,(H,16,19). The van der Waals surface area contributed by atoms with Crippen LogP contribution in [0, 0.1) is 0 Å². The number of benzene rings is 1. The first-order chi connectivity index (χ1) is 8.98. The van der Waals surface area contributed by atoms with E-state index in [0.29, 0.717) is 18.9 Å². The third-order valence-electron chi connectivity index (χ3n) is 2.75. The normalized spacial score (nSPS) is 17.4. The van der Waals surface area contributed by atoms with Crippen LogP contribution in [0.2, 0.25) is 0 Å². The van der Waals surface area contributed by atoms with Gasteiger partial charge in [0.1, 0.15) is 5.84 Å². The first-order valence-electron chi connectivity index (χ1n) is 5.94. The number of para-hydroxylation sites is 1.